The SMILES string of the molecule is CC(=O)O.CNC(=O)Nc1ccc(-c2nc(N3CCOC(C)C3)c3cnn(C4CCNCC4)c3n2)cc1. The fourth-order valence-corrected chi connectivity index (χ4v) is 4.51. The zero-order chi connectivity index (χ0) is 26.4. The van der Waals surface area contributed by atoms with E-state index in [4.69, 9.17) is 29.7 Å². The minimum absolute atomic E-state index is 0.141. The Morgan fingerprint density at radius 3 is 2.51 bits per heavy atom. The number of fused-ring (bicyclic) bond motifs is 1. The number of amides is 2. The van der Waals surface area contributed by atoms with Crippen LogP contribution in [-0.2, 0) is 9.53 Å². The van der Waals surface area contributed by atoms with Crippen LogP contribution in [0.3, 0.4) is 0 Å². The van der Waals surface area contributed by atoms with E-state index in [0.717, 1.165) is 68.4 Å². The van der Waals surface area contributed by atoms with Crippen LogP contribution in [-0.4, -0.2) is 82.8 Å². The van der Waals surface area contributed by atoms with Gasteiger partial charge in [-0.25, -0.2) is 19.4 Å². The van der Waals surface area contributed by atoms with E-state index in [-0.39, 0.29) is 12.1 Å². The van der Waals surface area contributed by atoms with Gasteiger partial charge in [-0.2, -0.15) is 5.10 Å². The van der Waals surface area contributed by atoms with E-state index in [1.54, 1.807) is 7.05 Å². The molecule has 2 saturated heterocycles. The number of aromatic nitrogens is 4. The monoisotopic (exact) mass is 510 g/mol. The van der Waals surface area contributed by atoms with E-state index < -0.39 is 5.97 Å². The van der Waals surface area contributed by atoms with Crippen molar-refractivity contribution in [2.75, 3.05) is 50.1 Å². The summed E-state index contributed by atoms with van der Waals surface area (Å²) in [6.07, 6.45) is 4.11. The Balaban J connectivity index is 0.000000747. The lowest BCUT2D eigenvalue weighted by atomic mass is 10.1. The first-order chi connectivity index (χ1) is 17.9. The van der Waals surface area contributed by atoms with Crippen LogP contribution < -0.4 is 20.9 Å². The van der Waals surface area contributed by atoms with Gasteiger partial charge in [-0.3, -0.25) is 4.79 Å². The van der Waals surface area contributed by atoms with Crippen molar-refractivity contribution in [3.63, 3.8) is 0 Å². The van der Waals surface area contributed by atoms with Crippen molar-refractivity contribution in [1.82, 2.24) is 30.4 Å². The third kappa shape index (κ3) is 6.52. The molecule has 12 heteroatoms. The highest BCUT2D eigenvalue weighted by Crippen LogP contribution is 2.32. The van der Waals surface area contributed by atoms with E-state index in [1.165, 1.54) is 0 Å². The Bertz CT molecular complexity index is 1220. The second-order valence-corrected chi connectivity index (χ2v) is 9.11. The molecule has 0 aliphatic carbocycles. The molecule has 5 rings (SSSR count). The predicted octanol–water partition coefficient (Wildman–Crippen LogP) is 2.49. The lowest BCUT2D eigenvalue weighted by molar-refractivity contribution is -0.134. The second-order valence-electron chi connectivity index (χ2n) is 9.11. The van der Waals surface area contributed by atoms with Gasteiger partial charge in [-0.15, -0.1) is 0 Å². The number of anilines is 2. The number of hydrogen-bond acceptors (Lipinski definition) is 8. The number of ether oxygens (including phenoxy) is 1. The molecule has 198 valence electrons. The van der Waals surface area contributed by atoms with Gasteiger partial charge in [0.05, 0.1) is 30.3 Å². The first-order valence-electron chi connectivity index (χ1n) is 12.5. The number of nitrogens with zero attached hydrogens (tertiary/aromatic N) is 5. The Labute approximate surface area is 215 Å². The van der Waals surface area contributed by atoms with Crippen LogP contribution in [0.4, 0.5) is 16.3 Å². The maximum atomic E-state index is 11.6. The molecule has 0 spiro atoms. The summed E-state index contributed by atoms with van der Waals surface area (Å²) in [5.74, 6) is 0.719. The van der Waals surface area contributed by atoms with E-state index in [0.29, 0.717) is 24.2 Å². The van der Waals surface area contributed by atoms with Gasteiger partial charge in [-0.1, -0.05) is 0 Å². The summed E-state index contributed by atoms with van der Waals surface area (Å²) in [6, 6.07) is 7.65. The number of rotatable bonds is 4. The first kappa shape index (κ1) is 26.3. The molecule has 2 aliphatic rings. The Morgan fingerprint density at radius 2 is 1.86 bits per heavy atom. The number of carbonyl (C=O) groups excluding carboxylic acids is 1. The van der Waals surface area contributed by atoms with Crippen LogP contribution in [0.25, 0.3) is 22.4 Å². The third-order valence-electron chi connectivity index (χ3n) is 6.26. The summed E-state index contributed by atoms with van der Waals surface area (Å²) in [7, 11) is 1.59. The van der Waals surface area contributed by atoms with Crippen LogP contribution in [0.5, 0.6) is 0 Å². The number of carboxylic acid groups (broad SMARTS) is 1. The summed E-state index contributed by atoms with van der Waals surface area (Å²) in [5, 5.41) is 21.9. The lowest BCUT2D eigenvalue weighted by Gasteiger charge is -2.32. The normalized spacial score (nSPS) is 18.1. The maximum Gasteiger partial charge on any atom is 0.318 e. The number of hydrogen-bond donors (Lipinski definition) is 4. The average Bonchev–Trinajstić information content (AvgIpc) is 3.33. The third-order valence-corrected chi connectivity index (χ3v) is 6.26. The van der Waals surface area contributed by atoms with Crippen LogP contribution in [0.1, 0.15) is 32.7 Å². The molecule has 0 radical (unpaired) electrons. The molecular weight excluding hydrogens is 476 g/mol. The largest absolute Gasteiger partial charge is 0.481 e. The van der Waals surface area contributed by atoms with Crippen molar-refractivity contribution in [2.45, 2.75) is 38.8 Å². The van der Waals surface area contributed by atoms with Crippen molar-refractivity contribution in [3.8, 4) is 11.4 Å². The quantitative estimate of drug-likeness (QED) is 0.416. The number of aliphatic carboxylic acids is 1. The molecule has 1 unspecified atom stereocenters. The smallest absolute Gasteiger partial charge is 0.318 e. The minimum Gasteiger partial charge on any atom is -0.481 e. The van der Waals surface area contributed by atoms with Gasteiger partial charge in [0, 0.05) is 38.3 Å². The number of benzene rings is 1. The molecule has 4 N–H and O–H groups in total. The van der Waals surface area contributed by atoms with E-state index in [9.17, 15) is 4.79 Å². The highest BCUT2D eigenvalue weighted by Gasteiger charge is 2.25. The number of urea groups is 1. The van der Waals surface area contributed by atoms with Crippen molar-refractivity contribution >= 4 is 34.5 Å². The molecule has 4 heterocycles. The van der Waals surface area contributed by atoms with Gasteiger partial charge in [-0.05, 0) is 57.1 Å². The van der Waals surface area contributed by atoms with Gasteiger partial charge in [0.25, 0.3) is 5.97 Å². The van der Waals surface area contributed by atoms with Crippen LogP contribution in [0.2, 0.25) is 0 Å². The molecule has 0 saturated carbocycles. The summed E-state index contributed by atoms with van der Waals surface area (Å²) < 4.78 is 7.84. The molecule has 12 nitrogen and oxygen atoms in total. The summed E-state index contributed by atoms with van der Waals surface area (Å²) in [4.78, 5) is 32.8. The fourth-order valence-electron chi connectivity index (χ4n) is 4.51. The molecule has 2 aromatic heterocycles. The average molecular weight is 511 g/mol. The number of carboxylic acids is 1. The molecule has 37 heavy (non-hydrogen) atoms. The Morgan fingerprint density at radius 1 is 1.16 bits per heavy atom. The molecular formula is C25H34N8O4. The van der Waals surface area contributed by atoms with Crippen LogP contribution >= 0.6 is 0 Å². The van der Waals surface area contributed by atoms with Crippen molar-refractivity contribution in [1.29, 1.82) is 0 Å². The number of carbonyl (C=O) groups is 2. The van der Waals surface area contributed by atoms with E-state index in [2.05, 4.69) is 32.5 Å². The predicted molar refractivity (Wildman–Crippen MR) is 141 cm³/mol. The van der Waals surface area contributed by atoms with Gasteiger partial charge in [0.1, 0.15) is 5.82 Å². The maximum absolute atomic E-state index is 11.6. The first-order valence-corrected chi connectivity index (χ1v) is 12.5. The van der Waals surface area contributed by atoms with E-state index in [1.807, 2.05) is 30.5 Å². The van der Waals surface area contributed by atoms with Crippen molar-refractivity contribution < 1.29 is 19.4 Å². The molecule has 3 aromatic rings. The number of morpholine rings is 1. The van der Waals surface area contributed by atoms with E-state index >= 15 is 0 Å². The molecule has 1 atom stereocenters. The summed E-state index contributed by atoms with van der Waals surface area (Å²) in [6.45, 7) is 7.37. The second kappa shape index (κ2) is 12.0. The van der Waals surface area contributed by atoms with Crippen LogP contribution in [0, 0.1) is 0 Å². The van der Waals surface area contributed by atoms with Gasteiger partial charge >= 0.3 is 6.03 Å². The zero-order valence-corrected chi connectivity index (χ0v) is 21.4. The minimum atomic E-state index is -0.833. The van der Waals surface area contributed by atoms with Gasteiger partial charge in [0.2, 0.25) is 0 Å². The summed E-state index contributed by atoms with van der Waals surface area (Å²) >= 11 is 0. The van der Waals surface area contributed by atoms with Gasteiger partial charge in [0.15, 0.2) is 11.5 Å². The Kier molecular flexibility index (Phi) is 8.51. The topological polar surface area (TPSA) is 147 Å². The summed E-state index contributed by atoms with van der Waals surface area (Å²) in [5.41, 5.74) is 2.47. The molecule has 2 amide bonds. The van der Waals surface area contributed by atoms with Crippen molar-refractivity contribution in [2.24, 2.45) is 0 Å². The number of nitrogens with one attached hydrogen (secondary N) is 3. The Hall–Kier alpha value is -3.77. The molecule has 2 aliphatic heterocycles. The zero-order valence-electron chi connectivity index (χ0n) is 21.4. The molecule has 1 aromatic carbocycles. The highest BCUT2D eigenvalue weighted by molar-refractivity contribution is 5.90. The molecule has 0 bridgehead atoms. The van der Waals surface area contributed by atoms with Gasteiger partial charge < -0.3 is 30.7 Å². The molecule has 2 fully saturated rings. The lowest BCUT2D eigenvalue weighted by Crippen LogP contribution is -2.41. The highest BCUT2D eigenvalue weighted by atomic mass is 16.5. The van der Waals surface area contributed by atoms with Crippen molar-refractivity contribution in [3.05, 3.63) is 30.5 Å². The number of piperidine rings is 1. The standard InChI is InChI=1S/C23H30N8O2.C2H4O2/c1-15-14-30(11-12-33-15)21-19-13-26-31(18-7-9-25-10-8-18)22(19)29-20(28-21)16-3-5-17(6-4-16)27-23(32)24-2;1-2(3)4/h3-6,13,15,18,25H,7-12,14H2,1-2H3,(H2,24,27,32);1H3,(H,3,4). The fraction of sp³-hybridized carbons (Fsp3) is 0.480. The van der Waals surface area contributed by atoms with Crippen LogP contribution in [0.15, 0.2) is 30.5 Å².